The number of hydrogen-bond acceptors (Lipinski definition) is 6. The van der Waals surface area contributed by atoms with Gasteiger partial charge in [-0.25, -0.2) is 19.7 Å². The number of carbonyl (C=O) groups excluding carboxylic acids is 1. The van der Waals surface area contributed by atoms with Gasteiger partial charge in [-0.3, -0.25) is 0 Å². The Labute approximate surface area is 185 Å². The highest BCUT2D eigenvalue weighted by atomic mass is 16.2. The molecule has 4 aromatic rings. The van der Waals surface area contributed by atoms with Crippen LogP contribution in [-0.4, -0.2) is 52.1 Å². The lowest BCUT2D eigenvalue weighted by atomic mass is 10.1. The van der Waals surface area contributed by atoms with Crippen molar-refractivity contribution in [2.75, 3.05) is 41.7 Å². The summed E-state index contributed by atoms with van der Waals surface area (Å²) in [6, 6.07) is 21.6. The van der Waals surface area contributed by atoms with Crippen LogP contribution in [0.2, 0.25) is 0 Å². The molecule has 8 nitrogen and oxygen atoms in total. The van der Waals surface area contributed by atoms with E-state index in [0.29, 0.717) is 32.0 Å². The Morgan fingerprint density at radius 2 is 1.59 bits per heavy atom. The summed E-state index contributed by atoms with van der Waals surface area (Å²) in [6.45, 7) is 2.63. The number of aromatic nitrogens is 3. The van der Waals surface area contributed by atoms with Crippen molar-refractivity contribution in [2.24, 2.45) is 0 Å². The third kappa shape index (κ3) is 4.44. The number of fused-ring (bicyclic) bond motifs is 1. The molecule has 2 aromatic heterocycles. The molecule has 1 fully saturated rings. The van der Waals surface area contributed by atoms with E-state index in [9.17, 15) is 4.79 Å². The van der Waals surface area contributed by atoms with Crippen molar-refractivity contribution in [3.63, 3.8) is 0 Å². The third-order valence-electron chi connectivity index (χ3n) is 5.47. The molecule has 0 atom stereocenters. The summed E-state index contributed by atoms with van der Waals surface area (Å²) in [4.78, 5) is 29.7. The standard InChI is InChI=1S/C24H23N7O/c32-24(28-20-9-8-18-5-1-2-6-19(18)15-20)31-13-11-30(12-14-31)23-16-22(26-17-27-23)29-21-7-3-4-10-25-21/h1-10,15-17H,11-14H2,(H,28,32)(H,25,26,27,29). The molecular formula is C24H23N7O. The smallest absolute Gasteiger partial charge is 0.321 e. The number of piperazine rings is 1. The average molecular weight is 425 g/mol. The van der Waals surface area contributed by atoms with Gasteiger partial charge in [0.1, 0.15) is 23.8 Å². The van der Waals surface area contributed by atoms with Gasteiger partial charge in [0.2, 0.25) is 0 Å². The maximum Gasteiger partial charge on any atom is 0.321 e. The lowest BCUT2D eigenvalue weighted by Gasteiger charge is -2.35. The van der Waals surface area contributed by atoms with Crippen molar-refractivity contribution in [3.05, 3.63) is 79.3 Å². The Morgan fingerprint density at radius 1 is 0.781 bits per heavy atom. The fourth-order valence-electron chi connectivity index (χ4n) is 3.76. The van der Waals surface area contributed by atoms with E-state index in [1.807, 2.05) is 65.6 Å². The van der Waals surface area contributed by atoms with Crippen LogP contribution < -0.4 is 15.5 Å². The quantitative estimate of drug-likeness (QED) is 0.512. The van der Waals surface area contributed by atoms with E-state index in [-0.39, 0.29) is 6.03 Å². The summed E-state index contributed by atoms with van der Waals surface area (Å²) >= 11 is 0. The molecule has 32 heavy (non-hydrogen) atoms. The lowest BCUT2D eigenvalue weighted by Crippen LogP contribution is -2.50. The van der Waals surface area contributed by atoms with Crippen LogP contribution in [0.3, 0.4) is 0 Å². The Balaban J connectivity index is 1.19. The molecule has 1 aliphatic heterocycles. The van der Waals surface area contributed by atoms with Gasteiger partial charge in [-0.05, 0) is 35.0 Å². The molecule has 2 amide bonds. The fourth-order valence-corrected chi connectivity index (χ4v) is 3.76. The van der Waals surface area contributed by atoms with E-state index in [0.717, 1.165) is 28.1 Å². The summed E-state index contributed by atoms with van der Waals surface area (Å²) in [7, 11) is 0. The van der Waals surface area contributed by atoms with Crippen LogP contribution in [0.25, 0.3) is 10.8 Å². The van der Waals surface area contributed by atoms with Gasteiger partial charge in [0, 0.05) is 44.1 Å². The topological polar surface area (TPSA) is 86.3 Å². The number of hydrogen-bond donors (Lipinski definition) is 2. The third-order valence-corrected chi connectivity index (χ3v) is 5.47. The SMILES string of the molecule is O=C(Nc1ccc2ccccc2c1)N1CCN(c2cc(Nc3ccccn3)ncn2)CC1. The van der Waals surface area contributed by atoms with Gasteiger partial charge in [0.05, 0.1) is 0 Å². The van der Waals surface area contributed by atoms with Crippen LogP contribution in [0.4, 0.5) is 27.9 Å². The highest BCUT2D eigenvalue weighted by Crippen LogP contribution is 2.21. The number of carbonyl (C=O) groups is 1. The number of anilines is 4. The molecule has 1 saturated heterocycles. The second-order valence-corrected chi connectivity index (χ2v) is 7.57. The number of amides is 2. The molecule has 1 aliphatic rings. The van der Waals surface area contributed by atoms with E-state index in [4.69, 9.17) is 0 Å². The Hall–Kier alpha value is -4.20. The van der Waals surface area contributed by atoms with Crippen LogP contribution in [0, 0.1) is 0 Å². The van der Waals surface area contributed by atoms with Gasteiger partial charge in [-0.2, -0.15) is 0 Å². The molecule has 0 spiro atoms. The van der Waals surface area contributed by atoms with Crippen molar-refractivity contribution < 1.29 is 4.79 Å². The molecular weight excluding hydrogens is 402 g/mol. The molecule has 0 unspecified atom stereocenters. The molecule has 0 aliphatic carbocycles. The predicted octanol–water partition coefficient (Wildman–Crippen LogP) is 4.12. The van der Waals surface area contributed by atoms with Crippen molar-refractivity contribution in [1.82, 2.24) is 19.9 Å². The van der Waals surface area contributed by atoms with Gasteiger partial charge in [-0.15, -0.1) is 0 Å². The van der Waals surface area contributed by atoms with Crippen molar-refractivity contribution in [1.29, 1.82) is 0 Å². The molecule has 0 bridgehead atoms. The zero-order valence-electron chi connectivity index (χ0n) is 17.5. The van der Waals surface area contributed by atoms with Gasteiger partial charge in [-0.1, -0.05) is 36.4 Å². The zero-order valence-corrected chi connectivity index (χ0v) is 17.5. The van der Waals surface area contributed by atoms with E-state index in [1.165, 1.54) is 0 Å². The number of nitrogens with zero attached hydrogens (tertiary/aromatic N) is 5. The van der Waals surface area contributed by atoms with E-state index >= 15 is 0 Å². The minimum absolute atomic E-state index is 0.0832. The highest BCUT2D eigenvalue weighted by molar-refractivity contribution is 5.93. The van der Waals surface area contributed by atoms with Crippen molar-refractivity contribution >= 4 is 39.9 Å². The van der Waals surface area contributed by atoms with E-state index in [2.05, 4.69) is 36.6 Å². The van der Waals surface area contributed by atoms with Crippen LogP contribution in [0.15, 0.2) is 79.3 Å². The molecule has 8 heteroatoms. The lowest BCUT2D eigenvalue weighted by molar-refractivity contribution is 0.208. The van der Waals surface area contributed by atoms with E-state index in [1.54, 1.807) is 12.5 Å². The Kier molecular flexibility index (Phi) is 5.48. The highest BCUT2D eigenvalue weighted by Gasteiger charge is 2.22. The summed E-state index contributed by atoms with van der Waals surface area (Å²) in [5, 5.41) is 8.47. The number of pyridine rings is 1. The summed E-state index contributed by atoms with van der Waals surface area (Å²) in [5.74, 6) is 2.24. The summed E-state index contributed by atoms with van der Waals surface area (Å²) < 4.78 is 0. The first kappa shape index (κ1) is 19.7. The first-order valence-electron chi connectivity index (χ1n) is 10.5. The molecule has 5 rings (SSSR count). The largest absolute Gasteiger partial charge is 0.353 e. The van der Waals surface area contributed by atoms with Crippen LogP contribution in [-0.2, 0) is 0 Å². The van der Waals surface area contributed by atoms with Gasteiger partial charge < -0.3 is 20.4 Å². The monoisotopic (exact) mass is 425 g/mol. The minimum atomic E-state index is -0.0832. The first-order valence-corrected chi connectivity index (χ1v) is 10.5. The van der Waals surface area contributed by atoms with E-state index < -0.39 is 0 Å². The molecule has 0 saturated carbocycles. The van der Waals surface area contributed by atoms with Gasteiger partial charge in [0.25, 0.3) is 0 Å². The maximum atomic E-state index is 12.8. The summed E-state index contributed by atoms with van der Waals surface area (Å²) in [5.41, 5.74) is 0.803. The predicted molar refractivity (Wildman–Crippen MR) is 126 cm³/mol. The van der Waals surface area contributed by atoms with Crippen LogP contribution >= 0.6 is 0 Å². The van der Waals surface area contributed by atoms with Crippen molar-refractivity contribution in [3.8, 4) is 0 Å². The number of nitrogens with one attached hydrogen (secondary N) is 2. The summed E-state index contributed by atoms with van der Waals surface area (Å²) in [6.07, 6.45) is 3.27. The fraction of sp³-hybridized carbons (Fsp3) is 0.167. The minimum Gasteiger partial charge on any atom is -0.353 e. The first-order chi connectivity index (χ1) is 15.7. The normalized spacial score (nSPS) is 13.8. The molecule has 3 heterocycles. The van der Waals surface area contributed by atoms with Gasteiger partial charge >= 0.3 is 6.03 Å². The van der Waals surface area contributed by atoms with Gasteiger partial charge in [0.15, 0.2) is 0 Å². The molecule has 0 radical (unpaired) electrons. The average Bonchev–Trinajstić information content (AvgIpc) is 2.85. The van der Waals surface area contributed by atoms with Crippen LogP contribution in [0.5, 0.6) is 0 Å². The Morgan fingerprint density at radius 3 is 2.41 bits per heavy atom. The number of benzene rings is 2. The molecule has 2 N–H and O–H groups in total. The molecule has 2 aromatic carbocycles. The van der Waals surface area contributed by atoms with Crippen LogP contribution in [0.1, 0.15) is 0 Å². The molecule has 160 valence electrons. The second-order valence-electron chi connectivity index (χ2n) is 7.57. The second kappa shape index (κ2) is 8.89. The maximum absolute atomic E-state index is 12.8. The number of rotatable bonds is 4. The Bertz CT molecular complexity index is 1220. The number of urea groups is 1. The zero-order chi connectivity index (χ0) is 21.8. The van der Waals surface area contributed by atoms with Crippen molar-refractivity contribution in [2.45, 2.75) is 0 Å².